The van der Waals surface area contributed by atoms with Crippen LogP contribution in [0.4, 0.5) is 22.0 Å². The molecule has 2 rings (SSSR count). The van der Waals surface area contributed by atoms with Gasteiger partial charge >= 0.3 is 6.18 Å². The standard InChI is InChI=1S/C14H11F3O.CH2F2/c1-18-13-8-4-11(5-9-13)10-2-6-12(7-3-10)14(15,16)17;2-1-3/h2-9H,1H3;1H2. The summed E-state index contributed by atoms with van der Waals surface area (Å²) in [5.74, 6) is 0.714. The molecule has 0 heterocycles. The molecule has 2 aromatic carbocycles. The van der Waals surface area contributed by atoms with Crippen LogP contribution in [0, 0.1) is 0 Å². The maximum Gasteiger partial charge on any atom is 0.416 e. The molecule has 1 nitrogen and oxygen atoms in total. The molecule has 0 aliphatic rings. The highest BCUT2D eigenvalue weighted by Gasteiger charge is 2.29. The minimum absolute atomic E-state index is 0.639. The first-order chi connectivity index (χ1) is 9.92. The van der Waals surface area contributed by atoms with Gasteiger partial charge < -0.3 is 4.74 Å². The van der Waals surface area contributed by atoms with E-state index in [0.29, 0.717) is 5.75 Å². The number of alkyl halides is 5. The van der Waals surface area contributed by atoms with Gasteiger partial charge in [-0.05, 0) is 35.4 Å². The zero-order chi connectivity index (χ0) is 15.9. The highest BCUT2D eigenvalue weighted by molar-refractivity contribution is 5.64. The fraction of sp³-hybridized carbons (Fsp3) is 0.200. The SMILES string of the molecule is COc1ccc(-c2ccc(C(F)(F)F)cc2)cc1.FCF. The Morgan fingerprint density at radius 2 is 1.19 bits per heavy atom. The Kier molecular flexibility index (Phi) is 6.14. The molecule has 0 N–H and O–H groups in total. The van der Waals surface area contributed by atoms with Gasteiger partial charge in [-0.2, -0.15) is 13.2 Å². The molecule has 0 spiro atoms. The van der Waals surface area contributed by atoms with Gasteiger partial charge in [-0.1, -0.05) is 24.3 Å². The van der Waals surface area contributed by atoms with Gasteiger partial charge in [0, 0.05) is 0 Å². The summed E-state index contributed by atoms with van der Waals surface area (Å²) in [6.45, 7) is -1.75. The number of hydrogen-bond donors (Lipinski definition) is 0. The molecule has 0 aliphatic carbocycles. The molecule has 0 aromatic heterocycles. The maximum absolute atomic E-state index is 12.4. The van der Waals surface area contributed by atoms with Crippen LogP contribution >= 0.6 is 0 Å². The van der Waals surface area contributed by atoms with Gasteiger partial charge in [-0.15, -0.1) is 0 Å². The predicted octanol–water partition coefficient (Wildman–Crippen LogP) is 5.26. The molecule has 0 amide bonds. The highest BCUT2D eigenvalue weighted by atomic mass is 19.4. The number of halogens is 5. The largest absolute Gasteiger partial charge is 0.497 e. The Morgan fingerprint density at radius 3 is 1.52 bits per heavy atom. The number of ether oxygens (including phenoxy) is 1. The van der Waals surface area contributed by atoms with Crippen molar-refractivity contribution in [1.82, 2.24) is 0 Å². The van der Waals surface area contributed by atoms with Crippen LogP contribution in [0.5, 0.6) is 5.75 Å². The molecule has 0 aliphatic heterocycles. The van der Waals surface area contributed by atoms with Crippen molar-refractivity contribution in [3.63, 3.8) is 0 Å². The van der Waals surface area contributed by atoms with Crippen LogP contribution < -0.4 is 4.74 Å². The Labute approximate surface area is 119 Å². The van der Waals surface area contributed by atoms with Crippen LogP contribution in [0.2, 0.25) is 0 Å². The summed E-state index contributed by atoms with van der Waals surface area (Å²) in [6, 6.07) is 12.2. The molecule has 0 fully saturated rings. The average Bonchev–Trinajstić information content (AvgIpc) is 2.47. The summed E-state index contributed by atoms with van der Waals surface area (Å²) in [7, 11) is 1.56. The van der Waals surface area contributed by atoms with E-state index < -0.39 is 18.7 Å². The van der Waals surface area contributed by atoms with Crippen molar-refractivity contribution < 1.29 is 26.7 Å². The van der Waals surface area contributed by atoms with Crippen molar-refractivity contribution in [3.8, 4) is 16.9 Å². The minimum Gasteiger partial charge on any atom is -0.497 e. The van der Waals surface area contributed by atoms with E-state index in [1.165, 1.54) is 12.1 Å². The second kappa shape index (κ2) is 7.61. The van der Waals surface area contributed by atoms with Crippen molar-refractivity contribution in [3.05, 3.63) is 54.1 Å². The number of methoxy groups -OCH3 is 1. The van der Waals surface area contributed by atoms with Crippen molar-refractivity contribution in [2.24, 2.45) is 0 Å². The predicted molar refractivity (Wildman–Crippen MR) is 70.5 cm³/mol. The Morgan fingerprint density at radius 1 is 0.810 bits per heavy atom. The average molecular weight is 304 g/mol. The molecule has 0 unspecified atom stereocenters. The topological polar surface area (TPSA) is 9.23 Å². The third-order valence-electron chi connectivity index (χ3n) is 2.64. The second-order valence-corrected chi connectivity index (χ2v) is 3.90. The summed E-state index contributed by atoms with van der Waals surface area (Å²) in [5.41, 5.74) is 0.954. The smallest absolute Gasteiger partial charge is 0.416 e. The molecular formula is C15H13F5O. The molecule has 6 heteroatoms. The van der Waals surface area contributed by atoms with E-state index in [2.05, 4.69) is 0 Å². The van der Waals surface area contributed by atoms with E-state index in [9.17, 15) is 22.0 Å². The van der Waals surface area contributed by atoms with Crippen LogP contribution in [0.1, 0.15) is 5.56 Å². The van der Waals surface area contributed by atoms with Crippen LogP contribution in [0.15, 0.2) is 48.5 Å². The quantitative estimate of drug-likeness (QED) is 0.687. The zero-order valence-corrected chi connectivity index (χ0v) is 11.1. The van der Waals surface area contributed by atoms with Gasteiger partial charge in [0.1, 0.15) is 5.75 Å². The molecule has 0 bridgehead atoms. The second-order valence-electron chi connectivity index (χ2n) is 3.90. The number of hydrogen-bond acceptors (Lipinski definition) is 1. The van der Waals surface area contributed by atoms with E-state index in [1.807, 2.05) is 0 Å². The Hall–Kier alpha value is -2.11. The fourth-order valence-corrected chi connectivity index (χ4v) is 1.64. The zero-order valence-electron chi connectivity index (χ0n) is 11.1. The summed E-state index contributed by atoms with van der Waals surface area (Å²) in [4.78, 5) is 0. The van der Waals surface area contributed by atoms with Crippen molar-refractivity contribution >= 4 is 0 Å². The van der Waals surface area contributed by atoms with E-state index in [-0.39, 0.29) is 0 Å². The molecule has 2 aromatic rings. The Balaban J connectivity index is 0.000000677. The molecule has 0 atom stereocenters. The number of rotatable bonds is 2. The third kappa shape index (κ3) is 5.06. The molecule has 0 radical (unpaired) electrons. The first kappa shape index (κ1) is 16.9. The van der Waals surface area contributed by atoms with Crippen molar-refractivity contribution in [2.75, 3.05) is 14.0 Å². The highest BCUT2D eigenvalue weighted by Crippen LogP contribution is 2.31. The van der Waals surface area contributed by atoms with Gasteiger partial charge in [0.25, 0.3) is 0 Å². The van der Waals surface area contributed by atoms with Gasteiger partial charge in [0.05, 0.1) is 12.7 Å². The first-order valence-electron chi connectivity index (χ1n) is 5.86. The van der Waals surface area contributed by atoms with E-state index in [4.69, 9.17) is 4.74 Å². The van der Waals surface area contributed by atoms with Gasteiger partial charge in [0.2, 0.25) is 6.93 Å². The van der Waals surface area contributed by atoms with Crippen LogP contribution in [-0.2, 0) is 6.18 Å². The molecule has 114 valence electrons. The lowest BCUT2D eigenvalue weighted by Gasteiger charge is -2.08. The summed E-state index contributed by atoms with van der Waals surface area (Å²) in [5, 5.41) is 0. The lowest BCUT2D eigenvalue weighted by atomic mass is 10.0. The summed E-state index contributed by atoms with van der Waals surface area (Å²) >= 11 is 0. The summed E-state index contributed by atoms with van der Waals surface area (Å²) < 4.78 is 61.5. The van der Waals surface area contributed by atoms with Crippen LogP contribution in [0.25, 0.3) is 11.1 Å². The van der Waals surface area contributed by atoms with Gasteiger partial charge in [-0.25, -0.2) is 8.78 Å². The van der Waals surface area contributed by atoms with Gasteiger partial charge in [-0.3, -0.25) is 0 Å². The van der Waals surface area contributed by atoms with Crippen molar-refractivity contribution in [2.45, 2.75) is 6.18 Å². The van der Waals surface area contributed by atoms with Crippen LogP contribution in [0.3, 0.4) is 0 Å². The third-order valence-corrected chi connectivity index (χ3v) is 2.64. The molecule has 0 saturated carbocycles. The monoisotopic (exact) mass is 304 g/mol. The van der Waals surface area contributed by atoms with Crippen LogP contribution in [-0.4, -0.2) is 14.0 Å². The minimum atomic E-state index is -4.29. The molecular weight excluding hydrogens is 291 g/mol. The van der Waals surface area contributed by atoms with Gasteiger partial charge in [0.15, 0.2) is 0 Å². The number of benzene rings is 2. The molecule has 0 saturated heterocycles. The van der Waals surface area contributed by atoms with Crippen molar-refractivity contribution in [1.29, 1.82) is 0 Å². The summed E-state index contributed by atoms with van der Waals surface area (Å²) in [6.07, 6.45) is -4.29. The van der Waals surface area contributed by atoms with E-state index >= 15 is 0 Å². The van der Waals surface area contributed by atoms with E-state index in [1.54, 1.807) is 31.4 Å². The lowest BCUT2D eigenvalue weighted by molar-refractivity contribution is -0.137. The van der Waals surface area contributed by atoms with E-state index in [0.717, 1.165) is 23.3 Å². The fourth-order valence-electron chi connectivity index (χ4n) is 1.64. The molecule has 21 heavy (non-hydrogen) atoms. The normalized spacial score (nSPS) is 10.6. The Bertz CT molecular complexity index is 531. The lowest BCUT2D eigenvalue weighted by Crippen LogP contribution is -2.03. The first-order valence-corrected chi connectivity index (χ1v) is 5.86. The maximum atomic E-state index is 12.4.